The summed E-state index contributed by atoms with van der Waals surface area (Å²) in [6.45, 7) is 21.2. The first-order valence-electron chi connectivity index (χ1n) is 21.2. The molecule has 0 bridgehead atoms. The Kier molecular flexibility index (Phi) is 8.92. The average molecular weight is 699 g/mol. The normalized spacial score (nSPS) is 48.8. The predicted octanol–water partition coefficient (Wildman–Crippen LogP) is 6.28. The monoisotopic (exact) mass is 699 g/mol. The first-order chi connectivity index (χ1) is 23.9. The van der Waals surface area contributed by atoms with E-state index in [1.807, 2.05) is 20.8 Å². The van der Waals surface area contributed by atoms with Gasteiger partial charge in [0, 0.05) is 38.8 Å². The van der Waals surface area contributed by atoms with Crippen LogP contribution < -0.4 is 0 Å². The van der Waals surface area contributed by atoms with Gasteiger partial charge in [0.2, 0.25) is 0 Å². The number of morpholine rings is 1. The first-order valence-corrected chi connectivity index (χ1v) is 21.2. The Bertz CT molecular complexity index is 1240. The number of rotatable bonds is 8. The van der Waals surface area contributed by atoms with Crippen molar-refractivity contribution in [2.45, 2.75) is 167 Å². The van der Waals surface area contributed by atoms with Crippen molar-refractivity contribution in [3.8, 4) is 0 Å². The third-order valence-corrected chi connectivity index (χ3v) is 17.5. The van der Waals surface area contributed by atoms with E-state index >= 15 is 0 Å². The molecule has 4 aliphatic heterocycles. The van der Waals surface area contributed by atoms with Crippen LogP contribution in [-0.2, 0) is 23.7 Å². The van der Waals surface area contributed by atoms with Gasteiger partial charge in [-0.15, -0.1) is 0 Å². The lowest BCUT2D eigenvalue weighted by atomic mass is 9.46. The summed E-state index contributed by atoms with van der Waals surface area (Å²) in [4.78, 5) is 5.36. The standard InChI is InChI=1S/C42H70N2O6/c1-7-47-37(39(4,5)45)32-10-8-30-33(49-32)22-31-29-9-11-34-38(2,3)35(12-15-42(34)26-41(29,42)17-16-40(30,31)6)50-36-23-44(20-21-48-36)27-13-18-43(19-14-27)28-24-46-25-28/h27-37,45H,7-26H2,1-6H3. The average Bonchev–Trinajstić information content (AvgIpc) is 3.64. The molecule has 4 saturated heterocycles. The zero-order valence-corrected chi connectivity index (χ0v) is 32.4. The molecule has 284 valence electrons. The van der Waals surface area contributed by atoms with Crippen molar-refractivity contribution in [2.75, 3.05) is 52.6 Å². The molecule has 4 heterocycles. The Morgan fingerprint density at radius 2 is 1.62 bits per heavy atom. The van der Waals surface area contributed by atoms with Gasteiger partial charge in [-0.05, 0) is 143 Å². The Hall–Kier alpha value is -0.320. The van der Waals surface area contributed by atoms with Gasteiger partial charge in [0.15, 0.2) is 6.29 Å². The van der Waals surface area contributed by atoms with E-state index in [1.165, 1.54) is 83.7 Å². The molecule has 9 aliphatic rings. The van der Waals surface area contributed by atoms with Crippen LogP contribution >= 0.6 is 0 Å². The molecule has 9 fully saturated rings. The summed E-state index contributed by atoms with van der Waals surface area (Å²) in [6, 6.07) is 1.32. The van der Waals surface area contributed by atoms with Gasteiger partial charge in [-0.3, -0.25) is 9.80 Å². The van der Waals surface area contributed by atoms with Gasteiger partial charge in [0.05, 0.1) is 49.8 Å². The molecule has 8 heteroatoms. The minimum atomic E-state index is -0.896. The van der Waals surface area contributed by atoms with E-state index in [9.17, 15) is 5.11 Å². The van der Waals surface area contributed by atoms with Gasteiger partial charge < -0.3 is 28.8 Å². The molecule has 9 rings (SSSR count). The number of likely N-dealkylation sites (tertiary alicyclic amines) is 1. The van der Waals surface area contributed by atoms with E-state index in [-0.39, 0.29) is 30.0 Å². The highest BCUT2D eigenvalue weighted by atomic mass is 16.7. The van der Waals surface area contributed by atoms with Crippen LogP contribution in [0.15, 0.2) is 0 Å². The molecular formula is C42H70N2O6. The molecule has 8 nitrogen and oxygen atoms in total. The molecule has 0 aromatic carbocycles. The second-order valence-electron chi connectivity index (χ2n) is 20.2. The minimum Gasteiger partial charge on any atom is -0.388 e. The summed E-state index contributed by atoms with van der Waals surface area (Å²) in [5.41, 5.74) is 0.708. The summed E-state index contributed by atoms with van der Waals surface area (Å²) in [6.07, 6.45) is 15.7. The van der Waals surface area contributed by atoms with Crippen LogP contribution in [0.4, 0.5) is 0 Å². The number of ether oxygens (including phenoxy) is 5. The molecule has 50 heavy (non-hydrogen) atoms. The highest BCUT2D eigenvalue weighted by Gasteiger charge is 2.80. The van der Waals surface area contributed by atoms with Gasteiger partial charge in [-0.1, -0.05) is 20.8 Å². The summed E-state index contributed by atoms with van der Waals surface area (Å²) in [7, 11) is 0. The van der Waals surface area contributed by atoms with Crippen LogP contribution in [0.2, 0.25) is 0 Å². The maximum atomic E-state index is 11.0. The SMILES string of the molecule is CCOC(C1CCC2C(CC3C4CCC5C(C)(C)C(OC6CN(C7CCN(C8COC8)CC7)CCO6)CCC56CC46CCC23C)O1)C(C)(C)O. The molecule has 12 atom stereocenters. The third kappa shape index (κ3) is 5.40. The van der Waals surface area contributed by atoms with Gasteiger partial charge in [-0.2, -0.15) is 0 Å². The second-order valence-corrected chi connectivity index (χ2v) is 20.2. The Morgan fingerprint density at radius 3 is 2.34 bits per heavy atom. The van der Waals surface area contributed by atoms with E-state index in [0.29, 0.717) is 47.0 Å². The fourth-order valence-electron chi connectivity index (χ4n) is 14.9. The Morgan fingerprint density at radius 1 is 0.840 bits per heavy atom. The number of aliphatic hydroxyl groups is 1. The third-order valence-electron chi connectivity index (χ3n) is 17.5. The van der Waals surface area contributed by atoms with E-state index < -0.39 is 5.60 Å². The van der Waals surface area contributed by atoms with Crippen molar-refractivity contribution in [1.82, 2.24) is 9.80 Å². The molecule has 0 aromatic rings. The largest absolute Gasteiger partial charge is 0.388 e. The molecule has 1 N–H and O–H groups in total. The summed E-state index contributed by atoms with van der Waals surface area (Å²) in [5.74, 6) is 3.01. The lowest BCUT2D eigenvalue weighted by Gasteiger charge is -2.60. The van der Waals surface area contributed by atoms with Crippen LogP contribution in [0.5, 0.6) is 0 Å². The van der Waals surface area contributed by atoms with Crippen molar-refractivity contribution < 1.29 is 28.8 Å². The summed E-state index contributed by atoms with van der Waals surface area (Å²) in [5, 5.41) is 11.0. The fraction of sp³-hybridized carbons (Fsp3) is 1.00. The Labute approximate surface area is 303 Å². The second kappa shape index (κ2) is 12.6. The van der Waals surface area contributed by atoms with E-state index in [1.54, 1.807) is 0 Å². The van der Waals surface area contributed by atoms with Crippen molar-refractivity contribution in [2.24, 2.45) is 45.3 Å². The van der Waals surface area contributed by atoms with Crippen molar-refractivity contribution in [1.29, 1.82) is 0 Å². The van der Waals surface area contributed by atoms with E-state index in [2.05, 4.69) is 30.6 Å². The van der Waals surface area contributed by atoms with Crippen LogP contribution in [0, 0.1) is 45.3 Å². The highest BCUT2D eigenvalue weighted by Crippen LogP contribution is 2.87. The zero-order chi connectivity index (χ0) is 34.7. The first kappa shape index (κ1) is 35.4. The lowest BCUT2D eigenvalue weighted by Crippen LogP contribution is -2.58. The van der Waals surface area contributed by atoms with E-state index in [4.69, 9.17) is 23.7 Å². The molecule has 5 aliphatic carbocycles. The van der Waals surface area contributed by atoms with Crippen LogP contribution in [0.1, 0.15) is 119 Å². The molecule has 0 amide bonds. The number of piperidine rings is 1. The van der Waals surface area contributed by atoms with Crippen molar-refractivity contribution in [3.05, 3.63) is 0 Å². The van der Waals surface area contributed by atoms with Crippen LogP contribution in [0.25, 0.3) is 0 Å². The molecular weight excluding hydrogens is 628 g/mol. The topological polar surface area (TPSA) is 72.9 Å². The Balaban J connectivity index is 0.847. The number of hydrogen-bond acceptors (Lipinski definition) is 8. The minimum absolute atomic E-state index is 0.00580. The molecule has 12 unspecified atom stereocenters. The van der Waals surface area contributed by atoms with Crippen molar-refractivity contribution >= 4 is 0 Å². The van der Waals surface area contributed by atoms with Gasteiger partial charge >= 0.3 is 0 Å². The molecule has 2 spiro atoms. The fourth-order valence-corrected chi connectivity index (χ4v) is 14.9. The maximum absolute atomic E-state index is 11.0. The van der Waals surface area contributed by atoms with Gasteiger partial charge in [0.25, 0.3) is 0 Å². The van der Waals surface area contributed by atoms with E-state index in [0.717, 1.165) is 57.1 Å². The lowest BCUT2D eigenvalue weighted by molar-refractivity contribution is -0.248. The van der Waals surface area contributed by atoms with Gasteiger partial charge in [-0.25, -0.2) is 0 Å². The van der Waals surface area contributed by atoms with Gasteiger partial charge in [0.1, 0.15) is 6.10 Å². The van der Waals surface area contributed by atoms with Crippen LogP contribution in [-0.4, -0.2) is 116 Å². The zero-order valence-electron chi connectivity index (χ0n) is 32.4. The number of fused-ring (bicyclic) bond motifs is 4. The van der Waals surface area contributed by atoms with Crippen molar-refractivity contribution in [3.63, 3.8) is 0 Å². The highest BCUT2D eigenvalue weighted by molar-refractivity contribution is 5.29. The molecule has 0 radical (unpaired) electrons. The number of hydrogen-bond donors (Lipinski definition) is 1. The summed E-state index contributed by atoms with van der Waals surface area (Å²) < 4.78 is 32.1. The number of nitrogens with zero attached hydrogens (tertiary/aromatic N) is 2. The molecule has 0 aromatic heterocycles. The van der Waals surface area contributed by atoms with Crippen LogP contribution in [0.3, 0.4) is 0 Å². The summed E-state index contributed by atoms with van der Waals surface area (Å²) >= 11 is 0. The smallest absolute Gasteiger partial charge is 0.170 e. The maximum Gasteiger partial charge on any atom is 0.170 e. The quantitative estimate of drug-likeness (QED) is 0.318. The predicted molar refractivity (Wildman–Crippen MR) is 193 cm³/mol. The molecule has 5 saturated carbocycles.